The van der Waals surface area contributed by atoms with Gasteiger partial charge in [-0.1, -0.05) is 25.1 Å². The van der Waals surface area contributed by atoms with Crippen molar-refractivity contribution in [2.45, 2.75) is 38.5 Å². The summed E-state index contributed by atoms with van der Waals surface area (Å²) in [6.45, 7) is 5.34. The molecule has 2 rings (SSSR count). The molecule has 0 aromatic heterocycles. The Balaban J connectivity index is 2.50. The summed E-state index contributed by atoms with van der Waals surface area (Å²) in [6.07, 6.45) is 2.55. The van der Waals surface area contributed by atoms with Crippen LogP contribution in [0.5, 0.6) is 0 Å². The third-order valence-corrected chi connectivity index (χ3v) is 3.52. The lowest BCUT2D eigenvalue weighted by Crippen LogP contribution is -2.20. The molecule has 1 heteroatoms. The maximum Gasteiger partial charge on any atom is -0.000813 e. The van der Waals surface area contributed by atoms with Gasteiger partial charge in [0.15, 0.2) is 0 Å². The molecular formula is C13H19N. The minimum atomic E-state index is 0.598. The molecule has 1 aromatic rings. The summed E-state index contributed by atoms with van der Waals surface area (Å²) in [5.74, 6) is 1.31. The molecule has 0 bridgehead atoms. The maximum atomic E-state index is 5.81. The van der Waals surface area contributed by atoms with Crippen molar-refractivity contribution >= 4 is 0 Å². The smallest absolute Gasteiger partial charge is 0.000813 e. The normalized spacial score (nSPS) is 25.9. The zero-order valence-electron chi connectivity index (χ0n) is 9.09. The quantitative estimate of drug-likeness (QED) is 0.722. The van der Waals surface area contributed by atoms with Crippen LogP contribution in [0.3, 0.4) is 0 Å². The molecule has 0 radical (unpaired) electrons. The molecule has 0 heterocycles. The average molecular weight is 189 g/mol. The predicted octanol–water partition coefficient (Wildman–Crippen LogP) is 2.93. The van der Waals surface area contributed by atoms with Gasteiger partial charge in [0.25, 0.3) is 0 Å². The summed E-state index contributed by atoms with van der Waals surface area (Å²) in [7, 11) is 0. The highest BCUT2D eigenvalue weighted by atomic mass is 14.6. The Hall–Kier alpha value is -0.820. The van der Waals surface area contributed by atoms with Crippen molar-refractivity contribution in [3.8, 4) is 0 Å². The van der Waals surface area contributed by atoms with Crippen LogP contribution >= 0.6 is 0 Å². The zero-order chi connectivity index (χ0) is 10.1. The lowest BCUT2D eigenvalue weighted by atomic mass is 9.76. The van der Waals surface area contributed by atoms with E-state index in [0.29, 0.717) is 11.8 Å². The lowest BCUT2D eigenvalue weighted by molar-refractivity contribution is 0.506. The van der Waals surface area contributed by atoms with Crippen molar-refractivity contribution in [1.82, 2.24) is 0 Å². The Labute approximate surface area is 86.3 Å². The average Bonchev–Trinajstić information content (AvgIpc) is 2.18. The van der Waals surface area contributed by atoms with Gasteiger partial charge in [-0.25, -0.2) is 0 Å². The molecule has 1 aromatic carbocycles. The molecule has 0 spiro atoms. The molecule has 0 aliphatic heterocycles. The van der Waals surface area contributed by atoms with Gasteiger partial charge in [-0.2, -0.15) is 0 Å². The Morgan fingerprint density at radius 3 is 2.86 bits per heavy atom. The summed E-state index contributed by atoms with van der Waals surface area (Å²) in [5, 5.41) is 0. The Kier molecular flexibility index (Phi) is 2.60. The van der Waals surface area contributed by atoms with Gasteiger partial charge in [-0.15, -0.1) is 0 Å². The third-order valence-electron chi connectivity index (χ3n) is 3.52. The van der Waals surface area contributed by atoms with Crippen LogP contribution in [-0.2, 0) is 0 Å². The molecule has 0 saturated carbocycles. The Morgan fingerprint density at radius 2 is 2.14 bits per heavy atom. The van der Waals surface area contributed by atoms with Gasteiger partial charge in [0.1, 0.15) is 0 Å². The second-order valence-corrected chi connectivity index (χ2v) is 4.49. The fraction of sp³-hybridized carbons (Fsp3) is 0.538. The lowest BCUT2D eigenvalue weighted by Gasteiger charge is -2.30. The van der Waals surface area contributed by atoms with Gasteiger partial charge in [-0.3, -0.25) is 0 Å². The highest BCUT2D eigenvalue weighted by molar-refractivity contribution is 5.41. The molecule has 14 heavy (non-hydrogen) atoms. The minimum absolute atomic E-state index is 0.598. The van der Waals surface area contributed by atoms with E-state index < -0.39 is 0 Å². The van der Waals surface area contributed by atoms with E-state index in [1.54, 1.807) is 5.56 Å². The minimum Gasteiger partial charge on any atom is -0.330 e. The molecule has 2 unspecified atom stereocenters. The van der Waals surface area contributed by atoms with E-state index in [1.165, 1.54) is 24.0 Å². The van der Waals surface area contributed by atoms with Gasteiger partial charge < -0.3 is 5.73 Å². The summed E-state index contributed by atoms with van der Waals surface area (Å²) >= 11 is 0. The van der Waals surface area contributed by atoms with Gasteiger partial charge >= 0.3 is 0 Å². The third kappa shape index (κ3) is 1.46. The van der Waals surface area contributed by atoms with Crippen LogP contribution in [0.2, 0.25) is 0 Å². The molecule has 2 N–H and O–H groups in total. The number of rotatable bonds is 1. The molecule has 1 aliphatic carbocycles. The van der Waals surface area contributed by atoms with Crippen molar-refractivity contribution in [3.63, 3.8) is 0 Å². The fourth-order valence-electron chi connectivity index (χ4n) is 2.73. The van der Waals surface area contributed by atoms with Crippen LogP contribution < -0.4 is 5.73 Å². The van der Waals surface area contributed by atoms with E-state index in [-0.39, 0.29) is 0 Å². The first kappa shape index (κ1) is 9.72. The van der Waals surface area contributed by atoms with Gasteiger partial charge in [0, 0.05) is 0 Å². The SMILES string of the molecule is Cc1cccc2c1C(C)CCC2CN. The van der Waals surface area contributed by atoms with Crippen molar-refractivity contribution in [2.24, 2.45) is 5.73 Å². The van der Waals surface area contributed by atoms with Crippen molar-refractivity contribution < 1.29 is 0 Å². The molecule has 76 valence electrons. The highest BCUT2D eigenvalue weighted by Gasteiger charge is 2.24. The first-order valence-corrected chi connectivity index (χ1v) is 5.53. The molecule has 0 amide bonds. The van der Waals surface area contributed by atoms with E-state index >= 15 is 0 Å². The first-order valence-electron chi connectivity index (χ1n) is 5.53. The summed E-state index contributed by atoms with van der Waals surface area (Å²) in [6, 6.07) is 6.64. The van der Waals surface area contributed by atoms with Crippen LogP contribution in [0.25, 0.3) is 0 Å². The van der Waals surface area contributed by atoms with Crippen LogP contribution in [0, 0.1) is 6.92 Å². The fourth-order valence-corrected chi connectivity index (χ4v) is 2.73. The zero-order valence-corrected chi connectivity index (χ0v) is 9.09. The van der Waals surface area contributed by atoms with E-state index in [9.17, 15) is 0 Å². The summed E-state index contributed by atoms with van der Waals surface area (Å²) < 4.78 is 0. The number of hydrogen-bond acceptors (Lipinski definition) is 1. The van der Waals surface area contributed by atoms with Crippen molar-refractivity contribution in [2.75, 3.05) is 6.54 Å². The number of hydrogen-bond donors (Lipinski definition) is 1. The molecule has 2 atom stereocenters. The molecule has 1 nitrogen and oxygen atoms in total. The molecule has 0 fully saturated rings. The molecule has 1 aliphatic rings. The van der Waals surface area contributed by atoms with Gasteiger partial charge in [0.05, 0.1) is 0 Å². The van der Waals surface area contributed by atoms with E-state index in [4.69, 9.17) is 5.73 Å². The molecular weight excluding hydrogens is 170 g/mol. The second-order valence-electron chi connectivity index (χ2n) is 4.49. The number of fused-ring (bicyclic) bond motifs is 1. The van der Waals surface area contributed by atoms with Crippen LogP contribution in [0.1, 0.15) is 48.3 Å². The van der Waals surface area contributed by atoms with Crippen molar-refractivity contribution in [1.29, 1.82) is 0 Å². The largest absolute Gasteiger partial charge is 0.330 e. The van der Waals surface area contributed by atoms with E-state index in [1.807, 2.05) is 0 Å². The topological polar surface area (TPSA) is 26.0 Å². The number of benzene rings is 1. The monoisotopic (exact) mass is 189 g/mol. The van der Waals surface area contributed by atoms with E-state index in [0.717, 1.165) is 6.54 Å². The van der Waals surface area contributed by atoms with Gasteiger partial charge in [0.2, 0.25) is 0 Å². The summed E-state index contributed by atoms with van der Waals surface area (Å²) in [5.41, 5.74) is 10.3. The standard InChI is InChI=1S/C13H19N/c1-9-4-3-5-12-11(8-14)7-6-10(2)13(9)12/h3-5,10-11H,6-8,14H2,1-2H3. The Morgan fingerprint density at radius 1 is 1.36 bits per heavy atom. The Bertz CT molecular complexity index is 330. The molecule has 0 saturated heterocycles. The van der Waals surface area contributed by atoms with E-state index in [2.05, 4.69) is 32.0 Å². The van der Waals surface area contributed by atoms with Gasteiger partial charge in [-0.05, 0) is 54.8 Å². The summed E-state index contributed by atoms with van der Waals surface area (Å²) in [4.78, 5) is 0. The van der Waals surface area contributed by atoms with Crippen LogP contribution in [0.4, 0.5) is 0 Å². The van der Waals surface area contributed by atoms with Crippen LogP contribution in [0.15, 0.2) is 18.2 Å². The van der Waals surface area contributed by atoms with Crippen LogP contribution in [-0.4, -0.2) is 6.54 Å². The number of nitrogens with two attached hydrogens (primary N) is 1. The number of aryl methyl sites for hydroxylation is 1. The van der Waals surface area contributed by atoms with Crippen molar-refractivity contribution in [3.05, 3.63) is 34.9 Å². The second kappa shape index (κ2) is 3.74. The first-order chi connectivity index (χ1) is 6.74. The maximum absolute atomic E-state index is 5.81. The predicted molar refractivity (Wildman–Crippen MR) is 60.6 cm³/mol. The highest BCUT2D eigenvalue weighted by Crippen LogP contribution is 2.39.